The summed E-state index contributed by atoms with van der Waals surface area (Å²) >= 11 is 0. The van der Waals surface area contributed by atoms with Gasteiger partial charge in [-0.05, 0) is 29.7 Å². The van der Waals surface area contributed by atoms with E-state index in [0.717, 1.165) is 37.3 Å². The predicted octanol–water partition coefficient (Wildman–Crippen LogP) is 2.09. The summed E-state index contributed by atoms with van der Waals surface area (Å²) in [4.78, 5) is 6.43. The molecule has 0 radical (unpaired) electrons. The first-order valence-electron chi connectivity index (χ1n) is 6.70. The molecule has 0 bridgehead atoms. The summed E-state index contributed by atoms with van der Waals surface area (Å²) in [5.41, 5.74) is 11.0. The highest BCUT2D eigenvalue weighted by Gasteiger charge is 2.19. The van der Waals surface area contributed by atoms with Crippen molar-refractivity contribution in [1.29, 1.82) is 5.26 Å². The normalized spacial score (nSPS) is 14.6. The number of rotatable bonds is 2. The Hall–Kier alpha value is -2.38. The minimum atomic E-state index is 0.513. The van der Waals surface area contributed by atoms with E-state index in [4.69, 9.17) is 11.0 Å². The lowest BCUT2D eigenvalue weighted by Gasteiger charge is -2.29. The molecule has 0 amide bonds. The van der Waals surface area contributed by atoms with Crippen LogP contribution in [0.3, 0.4) is 0 Å². The van der Waals surface area contributed by atoms with Crippen molar-refractivity contribution in [2.75, 3.05) is 12.3 Å². The largest absolute Gasteiger partial charge is 0.398 e. The number of nitrogens with zero attached hydrogens (tertiary/aromatic N) is 3. The van der Waals surface area contributed by atoms with Gasteiger partial charge in [0, 0.05) is 37.1 Å². The van der Waals surface area contributed by atoms with Gasteiger partial charge in [-0.15, -0.1) is 0 Å². The maximum absolute atomic E-state index is 9.10. The molecule has 4 nitrogen and oxygen atoms in total. The van der Waals surface area contributed by atoms with Crippen LogP contribution in [0.15, 0.2) is 36.5 Å². The van der Waals surface area contributed by atoms with Crippen LogP contribution >= 0.6 is 0 Å². The van der Waals surface area contributed by atoms with E-state index in [-0.39, 0.29) is 0 Å². The molecular formula is C16H16N4. The molecule has 1 aliphatic heterocycles. The average Bonchev–Trinajstić information content (AvgIpc) is 2.49. The van der Waals surface area contributed by atoms with E-state index in [9.17, 15) is 0 Å². The molecule has 2 aromatic rings. The number of benzene rings is 1. The zero-order chi connectivity index (χ0) is 13.9. The lowest BCUT2D eigenvalue weighted by Crippen LogP contribution is -2.31. The van der Waals surface area contributed by atoms with Crippen LogP contribution in [0.25, 0.3) is 0 Å². The second-order valence-electron chi connectivity index (χ2n) is 5.07. The summed E-state index contributed by atoms with van der Waals surface area (Å²) in [6.45, 7) is 2.56. The number of fused-ring (bicyclic) bond motifs is 1. The standard InChI is InChI=1S/C16H16N4/c17-9-16-13(4-2-7-19-16)10-20-8-6-12-3-1-5-15(18)14(12)11-20/h1-5,7H,6,8,10-11,18H2. The third kappa shape index (κ3) is 2.36. The van der Waals surface area contributed by atoms with Crippen molar-refractivity contribution in [3.63, 3.8) is 0 Å². The van der Waals surface area contributed by atoms with E-state index < -0.39 is 0 Å². The van der Waals surface area contributed by atoms with Crippen molar-refractivity contribution >= 4 is 5.69 Å². The quantitative estimate of drug-likeness (QED) is 0.843. The van der Waals surface area contributed by atoms with Crippen LogP contribution in [0.4, 0.5) is 5.69 Å². The Morgan fingerprint density at radius 3 is 3.05 bits per heavy atom. The summed E-state index contributed by atoms with van der Waals surface area (Å²) in [6.07, 6.45) is 2.66. The van der Waals surface area contributed by atoms with Gasteiger partial charge in [-0.1, -0.05) is 18.2 Å². The molecule has 0 aliphatic carbocycles. The molecule has 20 heavy (non-hydrogen) atoms. The summed E-state index contributed by atoms with van der Waals surface area (Å²) in [5, 5.41) is 9.10. The van der Waals surface area contributed by atoms with Crippen molar-refractivity contribution in [1.82, 2.24) is 9.88 Å². The van der Waals surface area contributed by atoms with E-state index in [1.54, 1.807) is 6.20 Å². The SMILES string of the molecule is N#Cc1ncccc1CN1CCc2cccc(N)c2C1. The monoisotopic (exact) mass is 264 g/mol. The number of hydrogen-bond donors (Lipinski definition) is 1. The Balaban J connectivity index is 1.81. The maximum atomic E-state index is 9.10. The van der Waals surface area contributed by atoms with Gasteiger partial charge in [0.05, 0.1) is 0 Å². The Morgan fingerprint density at radius 2 is 2.20 bits per heavy atom. The Bertz CT molecular complexity index is 672. The molecule has 3 rings (SSSR count). The number of nitrogen functional groups attached to an aromatic ring is 1. The maximum Gasteiger partial charge on any atom is 0.144 e. The number of nitrogens with two attached hydrogens (primary N) is 1. The molecule has 2 N–H and O–H groups in total. The first-order chi connectivity index (χ1) is 9.78. The van der Waals surface area contributed by atoms with Crippen LogP contribution < -0.4 is 5.73 Å². The molecule has 1 aliphatic rings. The summed E-state index contributed by atoms with van der Waals surface area (Å²) in [6, 6.07) is 12.1. The van der Waals surface area contributed by atoms with Crippen LogP contribution in [-0.4, -0.2) is 16.4 Å². The van der Waals surface area contributed by atoms with Crippen LogP contribution in [0.1, 0.15) is 22.4 Å². The molecule has 0 fully saturated rings. The van der Waals surface area contributed by atoms with Gasteiger partial charge in [-0.25, -0.2) is 4.98 Å². The lowest BCUT2D eigenvalue weighted by atomic mass is 9.97. The second kappa shape index (κ2) is 5.32. The Labute approximate surface area is 118 Å². The van der Waals surface area contributed by atoms with Gasteiger partial charge in [-0.3, -0.25) is 4.90 Å². The van der Waals surface area contributed by atoms with Crippen molar-refractivity contribution in [2.45, 2.75) is 19.5 Å². The van der Waals surface area contributed by atoms with Crippen molar-refractivity contribution < 1.29 is 0 Å². The lowest BCUT2D eigenvalue weighted by molar-refractivity contribution is 0.245. The highest BCUT2D eigenvalue weighted by atomic mass is 15.1. The molecule has 1 aromatic carbocycles. The van der Waals surface area contributed by atoms with Gasteiger partial charge in [-0.2, -0.15) is 5.26 Å². The molecule has 1 aromatic heterocycles. The van der Waals surface area contributed by atoms with Gasteiger partial charge in [0.2, 0.25) is 0 Å². The van der Waals surface area contributed by atoms with Crippen molar-refractivity contribution in [3.05, 3.63) is 58.9 Å². The number of pyridine rings is 1. The van der Waals surface area contributed by atoms with Gasteiger partial charge in [0.15, 0.2) is 0 Å². The van der Waals surface area contributed by atoms with Crippen molar-refractivity contribution in [3.8, 4) is 6.07 Å². The van der Waals surface area contributed by atoms with Crippen LogP contribution in [-0.2, 0) is 19.5 Å². The highest BCUT2D eigenvalue weighted by molar-refractivity contribution is 5.51. The van der Waals surface area contributed by atoms with Gasteiger partial charge in [0.1, 0.15) is 11.8 Å². The van der Waals surface area contributed by atoms with E-state index in [2.05, 4.69) is 22.0 Å². The van der Waals surface area contributed by atoms with E-state index in [0.29, 0.717) is 5.69 Å². The second-order valence-corrected chi connectivity index (χ2v) is 5.07. The topological polar surface area (TPSA) is 65.9 Å². The number of hydrogen-bond acceptors (Lipinski definition) is 4. The van der Waals surface area contributed by atoms with E-state index in [1.807, 2.05) is 24.3 Å². The summed E-state index contributed by atoms with van der Waals surface area (Å²) in [7, 11) is 0. The third-order valence-electron chi connectivity index (χ3n) is 3.78. The van der Waals surface area contributed by atoms with Gasteiger partial charge >= 0.3 is 0 Å². The first kappa shape index (κ1) is 12.6. The van der Waals surface area contributed by atoms with Crippen molar-refractivity contribution in [2.24, 2.45) is 0 Å². The minimum absolute atomic E-state index is 0.513. The van der Waals surface area contributed by atoms with Gasteiger partial charge in [0.25, 0.3) is 0 Å². The van der Waals surface area contributed by atoms with Gasteiger partial charge < -0.3 is 5.73 Å². The fourth-order valence-corrected chi connectivity index (χ4v) is 2.71. The highest BCUT2D eigenvalue weighted by Crippen LogP contribution is 2.25. The van der Waals surface area contributed by atoms with Crippen LogP contribution in [0, 0.1) is 11.3 Å². The smallest absolute Gasteiger partial charge is 0.144 e. The molecular weight excluding hydrogens is 248 g/mol. The zero-order valence-electron chi connectivity index (χ0n) is 11.2. The Morgan fingerprint density at radius 1 is 1.30 bits per heavy atom. The average molecular weight is 264 g/mol. The van der Waals surface area contributed by atoms with Crippen LogP contribution in [0.5, 0.6) is 0 Å². The zero-order valence-corrected chi connectivity index (χ0v) is 11.2. The third-order valence-corrected chi connectivity index (χ3v) is 3.78. The molecule has 4 heteroatoms. The fraction of sp³-hybridized carbons (Fsp3) is 0.250. The summed E-state index contributed by atoms with van der Waals surface area (Å²) < 4.78 is 0. The van der Waals surface area contributed by atoms with E-state index in [1.165, 1.54) is 11.1 Å². The molecule has 0 saturated carbocycles. The summed E-state index contributed by atoms with van der Waals surface area (Å²) in [5.74, 6) is 0. The number of nitriles is 1. The van der Waals surface area contributed by atoms with Crippen LogP contribution in [0.2, 0.25) is 0 Å². The number of aromatic nitrogens is 1. The Kier molecular flexibility index (Phi) is 3.36. The first-order valence-corrected chi connectivity index (χ1v) is 6.70. The molecule has 2 heterocycles. The fourth-order valence-electron chi connectivity index (χ4n) is 2.71. The molecule has 0 spiro atoms. The number of anilines is 1. The predicted molar refractivity (Wildman–Crippen MR) is 77.6 cm³/mol. The van der Waals surface area contributed by atoms with E-state index >= 15 is 0 Å². The molecule has 0 saturated heterocycles. The minimum Gasteiger partial charge on any atom is -0.398 e. The molecule has 100 valence electrons. The molecule has 0 atom stereocenters. The molecule has 0 unspecified atom stereocenters.